The van der Waals surface area contributed by atoms with E-state index in [2.05, 4.69) is 46.7 Å². The lowest BCUT2D eigenvalue weighted by Crippen LogP contribution is -2.17. The van der Waals surface area contributed by atoms with Gasteiger partial charge in [-0.3, -0.25) is 0 Å². The third kappa shape index (κ3) is 2.16. The SMILES string of the molecule is Nc1c(NC2CCCc3ccccc32)ccc2scnc12. The molecule has 0 saturated carbocycles. The number of benzene rings is 2. The van der Waals surface area contributed by atoms with Crippen molar-refractivity contribution >= 4 is 32.9 Å². The van der Waals surface area contributed by atoms with Gasteiger partial charge in [0.2, 0.25) is 0 Å². The summed E-state index contributed by atoms with van der Waals surface area (Å²) in [4.78, 5) is 4.37. The number of fused-ring (bicyclic) bond motifs is 2. The van der Waals surface area contributed by atoms with Crippen LogP contribution >= 0.6 is 11.3 Å². The molecule has 3 N–H and O–H groups in total. The molecule has 1 aliphatic rings. The van der Waals surface area contributed by atoms with E-state index in [0.717, 1.165) is 28.0 Å². The van der Waals surface area contributed by atoms with Crippen LogP contribution in [-0.4, -0.2) is 4.98 Å². The van der Waals surface area contributed by atoms with Gasteiger partial charge in [0.05, 0.1) is 27.6 Å². The van der Waals surface area contributed by atoms with Gasteiger partial charge in [-0.15, -0.1) is 11.3 Å². The van der Waals surface area contributed by atoms with Crippen LogP contribution in [0.5, 0.6) is 0 Å². The quantitative estimate of drug-likeness (QED) is 0.690. The van der Waals surface area contributed by atoms with E-state index >= 15 is 0 Å². The van der Waals surface area contributed by atoms with E-state index in [-0.39, 0.29) is 0 Å². The second-order valence-corrected chi connectivity index (χ2v) is 6.40. The maximum Gasteiger partial charge on any atom is 0.106 e. The number of hydrogen-bond acceptors (Lipinski definition) is 4. The van der Waals surface area contributed by atoms with Crippen LogP contribution in [0.15, 0.2) is 41.9 Å². The van der Waals surface area contributed by atoms with Gasteiger partial charge in [0.25, 0.3) is 0 Å². The molecule has 4 rings (SSSR count). The van der Waals surface area contributed by atoms with Crippen molar-refractivity contribution < 1.29 is 0 Å². The predicted octanol–water partition coefficient (Wildman–Crippen LogP) is 4.37. The largest absolute Gasteiger partial charge is 0.395 e. The molecule has 0 spiro atoms. The number of anilines is 2. The Morgan fingerprint density at radius 2 is 2.10 bits per heavy atom. The number of rotatable bonds is 2. The van der Waals surface area contributed by atoms with Gasteiger partial charge in [-0.1, -0.05) is 24.3 Å². The van der Waals surface area contributed by atoms with Crippen LogP contribution in [0.25, 0.3) is 10.2 Å². The van der Waals surface area contributed by atoms with Crippen LogP contribution in [0.4, 0.5) is 11.4 Å². The van der Waals surface area contributed by atoms with E-state index in [1.54, 1.807) is 11.3 Å². The zero-order valence-electron chi connectivity index (χ0n) is 11.7. The molecule has 4 heteroatoms. The summed E-state index contributed by atoms with van der Waals surface area (Å²) in [6, 6.07) is 13.2. The fourth-order valence-electron chi connectivity index (χ4n) is 3.17. The number of thiazole rings is 1. The summed E-state index contributed by atoms with van der Waals surface area (Å²) < 4.78 is 1.14. The molecule has 1 aliphatic carbocycles. The van der Waals surface area contributed by atoms with Crippen molar-refractivity contribution in [3.05, 3.63) is 53.0 Å². The van der Waals surface area contributed by atoms with Crippen LogP contribution in [0, 0.1) is 0 Å². The van der Waals surface area contributed by atoms with Crippen LogP contribution in [0.1, 0.15) is 30.0 Å². The smallest absolute Gasteiger partial charge is 0.106 e. The van der Waals surface area contributed by atoms with Gasteiger partial charge in [-0.2, -0.15) is 0 Å². The predicted molar refractivity (Wildman–Crippen MR) is 89.8 cm³/mol. The topological polar surface area (TPSA) is 50.9 Å². The van der Waals surface area contributed by atoms with Crippen LogP contribution in [0.2, 0.25) is 0 Å². The van der Waals surface area contributed by atoms with Gasteiger partial charge < -0.3 is 11.1 Å². The molecule has 21 heavy (non-hydrogen) atoms. The van der Waals surface area contributed by atoms with Crippen LogP contribution in [-0.2, 0) is 6.42 Å². The number of hydrogen-bond donors (Lipinski definition) is 2. The van der Waals surface area contributed by atoms with Crippen molar-refractivity contribution in [2.45, 2.75) is 25.3 Å². The summed E-state index contributed by atoms with van der Waals surface area (Å²) in [5.41, 5.74) is 13.7. The van der Waals surface area contributed by atoms with E-state index in [1.807, 2.05) is 5.51 Å². The summed E-state index contributed by atoms with van der Waals surface area (Å²) in [6.07, 6.45) is 3.54. The highest BCUT2D eigenvalue weighted by Crippen LogP contribution is 2.36. The molecule has 0 aliphatic heterocycles. The Morgan fingerprint density at radius 1 is 1.19 bits per heavy atom. The lowest BCUT2D eigenvalue weighted by atomic mass is 9.87. The van der Waals surface area contributed by atoms with Crippen molar-refractivity contribution in [1.29, 1.82) is 0 Å². The molecular formula is C17H17N3S. The highest BCUT2D eigenvalue weighted by atomic mass is 32.1. The first-order valence-corrected chi connectivity index (χ1v) is 8.17. The van der Waals surface area contributed by atoms with Crippen LogP contribution in [0.3, 0.4) is 0 Å². The molecule has 0 fully saturated rings. The van der Waals surface area contributed by atoms with Crippen molar-refractivity contribution in [2.75, 3.05) is 11.1 Å². The average molecular weight is 295 g/mol. The Morgan fingerprint density at radius 3 is 3.05 bits per heavy atom. The van der Waals surface area contributed by atoms with Crippen LogP contribution < -0.4 is 11.1 Å². The lowest BCUT2D eigenvalue weighted by molar-refractivity contribution is 0.600. The first-order chi connectivity index (χ1) is 10.3. The van der Waals surface area contributed by atoms with Crippen molar-refractivity contribution in [1.82, 2.24) is 4.98 Å². The average Bonchev–Trinajstić information content (AvgIpc) is 3.00. The molecule has 3 nitrogen and oxygen atoms in total. The molecule has 0 bridgehead atoms. The fraction of sp³-hybridized carbons (Fsp3) is 0.235. The zero-order valence-corrected chi connectivity index (χ0v) is 12.5. The number of nitrogen functional groups attached to an aromatic ring is 1. The van der Waals surface area contributed by atoms with Crippen molar-refractivity contribution in [3.63, 3.8) is 0 Å². The molecule has 106 valence electrons. The number of nitrogens with zero attached hydrogens (tertiary/aromatic N) is 1. The fourth-order valence-corrected chi connectivity index (χ4v) is 3.86. The molecule has 3 aromatic rings. The molecule has 0 saturated heterocycles. The van der Waals surface area contributed by atoms with E-state index in [1.165, 1.54) is 24.0 Å². The van der Waals surface area contributed by atoms with E-state index < -0.39 is 0 Å². The molecule has 1 unspecified atom stereocenters. The first-order valence-electron chi connectivity index (χ1n) is 7.29. The van der Waals surface area contributed by atoms with Crippen molar-refractivity contribution in [3.8, 4) is 0 Å². The first kappa shape index (κ1) is 12.7. The molecule has 0 radical (unpaired) electrons. The zero-order chi connectivity index (χ0) is 14.2. The molecule has 1 atom stereocenters. The summed E-state index contributed by atoms with van der Waals surface area (Å²) in [6.45, 7) is 0. The molecule has 1 heterocycles. The summed E-state index contributed by atoms with van der Waals surface area (Å²) >= 11 is 1.63. The minimum Gasteiger partial charge on any atom is -0.395 e. The van der Waals surface area contributed by atoms with E-state index in [4.69, 9.17) is 5.73 Å². The maximum absolute atomic E-state index is 6.28. The number of aryl methyl sites for hydroxylation is 1. The van der Waals surface area contributed by atoms with Gasteiger partial charge in [0.1, 0.15) is 5.52 Å². The minimum absolute atomic E-state index is 0.341. The third-order valence-electron chi connectivity index (χ3n) is 4.24. The Labute approximate surface area is 127 Å². The second-order valence-electron chi connectivity index (χ2n) is 5.51. The monoisotopic (exact) mass is 295 g/mol. The summed E-state index contributed by atoms with van der Waals surface area (Å²) in [7, 11) is 0. The lowest BCUT2D eigenvalue weighted by Gasteiger charge is -2.27. The number of aromatic nitrogens is 1. The second kappa shape index (κ2) is 5.04. The molecule has 2 aromatic carbocycles. The van der Waals surface area contributed by atoms with Crippen molar-refractivity contribution in [2.24, 2.45) is 0 Å². The number of nitrogens with two attached hydrogens (primary N) is 1. The Hall–Kier alpha value is -2.07. The van der Waals surface area contributed by atoms with Gasteiger partial charge in [-0.05, 0) is 42.5 Å². The Kier molecular flexibility index (Phi) is 3.04. The highest BCUT2D eigenvalue weighted by molar-refractivity contribution is 7.16. The number of nitrogens with one attached hydrogen (secondary N) is 1. The van der Waals surface area contributed by atoms with E-state index in [0.29, 0.717) is 6.04 Å². The maximum atomic E-state index is 6.28. The van der Waals surface area contributed by atoms with Gasteiger partial charge in [0.15, 0.2) is 0 Å². The minimum atomic E-state index is 0.341. The Balaban J connectivity index is 1.71. The molecule has 0 amide bonds. The molecular weight excluding hydrogens is 278 g/mol. The summed E-state index contributed by atoms with van der Waals surface area (Å²) in [5, 5.41) is 3.63. The normalized spacial score (nSPS) is 17.6. The van der Waals surface area contributed by atoms with Gasteiger partial charge in [0, 0.05) is 0 Å². The standard InChI is InChI=1S/C17H17N3S/c18-16-14(8-9-15-17(16)19-10-21-15)20-13-7-3-5-11-4-1-2-6-12(11)13/h1-2,4,6,8-10,13,20H,3,5,7,18H2. The van der Waals surface area contributed by atoms with Gasteiger partial charge >= 0.3 is 0 Å². The Bertz CT molecular complexity index is 794. The molecule has 1 aromatic heterocycles. The third-order valence-corrected chi connectivity index (χ3v) is 5.03. The highest BCUT2D eigenvalue weighted by Gasteiger charge is 2.20. The summed E-state index contributed by atoms with van der Waals surface area (Å²) in [5.74, 6) is 0. The van der Waals surface area contributed by atoms with Gasteiger partial charge in [-0.25, -0.2) is 4.98 Å². The van der Waals surface area contributed by atoms with E-state index in [9.17, 15) is 0 Å².